The Morgan fingerprint density at radius 3 is 2.37 bits per heavy atom. The standard InChI is InChI=1S/C20H23NO5S/c1-11-8-9-12-15(10-11)27-19(16(12)20(23)26-4)21-18(22)17-13(24-2)6-5-7-14(17)25-3/h5-7,11H,8-10H2,1-4H3,(H,21,22)/t11-/m1/s1. The van der Waals surface area contributed by atoms with Gasteiger partial charge in [0, 0.05) is 4.88 Å². The molecule has 1 N–H and O–H groups in total. The number of hydrogen-bond donors (Lipinski definition) is 1. The molecule has 1 aliphatic carbocycles. The lowest BCUT2D eigenvalue weighted by Crippen LogP contribution is -2.17. The Hall–Kier alpha value is -2.54. The Bertz CT molecular complexity index is 851. The number of fused-ring (bicyclic) bond motifs is 1. The molecule has 1 heterocycles. The summed E-state index contributed by atoms with van der Waals surface area (Å²) in [5.41, 5.74) is 1.75. The number of carbonyl (C=O) groups excluding carboxylic acids is 2. The zero-order valence-corrected chi connectivity index (χ0v) is 16.7. The van der Waals surface area contributed by atoms with Gasteiger partial charge in [0.25, 0.3) is 5.91 Å². The topological polar surface area (TPSA) is 73.9 Å². The molecule has 0 aliphatic heterocycles. The third-order valence-electron chi connectivity index (χ3n) is 4.78. The molecule has 1 aliphatic rings. The van der Waals surface area contributed by atoms with E-state index in [4.69, 9.17) is 14.2 Å². The lowest BCUT2D eigenvalue weighted by Gasteiger charge is -2.18. The lowest BCUT2D eigenvalue weighted by atomic mass is 9.88. The molecule has 2 aromatic rings. The van der Waals surface area contributed by atoms with Crippen LogP contribution in [0.3, 0.4) is 0 Å². The lowest BCUT2D eigenvalue weighted by molar-refractivity contribution is 0.0601. The van der Waals surface area contributed by atoms with Crippen molar-refractivity contribution in [3.8, 4) is 11.5 Å². The third-order valence-corrected chi connectivity index (χ3v) is 5.95. The number of methoxy groups -OCH3 is 3. The van der Waals surface area contributed by atoms with Crippen LogP contribution in [-0.4, -0.2) is 33.2 Å². The molecule has 3 rings (SSSR count). The Kier molecular flexibility index (Phi) is 5.70. The summed E-state index contributed by atoms with van der Waals surface area (Å²) in [6.07, 6.45) is 2.73. The first-order valence-corrected chi connectivity index (χ1v) is 9.57. The number of esters is 1. The third kappa shape index (κ3) is 3.64. The number of carbonyl (C=O) groups is 2. The van der Waals surface area contributed by atoms with E-state index < -0.39 is 5.97 Å². The fourth-order valence-electron chi connectivity index (χ4n) is 3.40. The maximum Gasteiger partial charge on any atom is 0.341 e. The average Bonchev–Trinajstić information content (AvgIpc) is 3.03. The summed E-state index contributed by atoms with van der Waals surface area (Å²) >= 11 is 1.44. The van der Waals surface area contributed by atoms with E-state index in [2.05, 4.69) is 12.2 Å². The number of hydrogen-bond acceptors (Lipinski definition) is 6. The first-order valence-electron chi connectivity index (χ1n) is 8.75. The number of anilines is 1. The maximum atomic E-state index is 13.0. The van der Waals surface area contributed by atoms with E-state index in [1.807, 2.05) is 0 Å². The molecule has 1 aromatic heterocycles. The fraction of sp³-hybridized carbons (Fsp3) is 0.400. The quantitative estimate of drug-likeness (QED) is 0.785. The molecule has 0 bridgehead atoms. The SMILES string of the molecule is COC(=O)c1c(NC(=O)c2c(OC)cccc2OC)sc2c1CC[C@@H](C)C2. The largest absolute Gasteiger partial charge is 0.496 e. The summed E-state index contributed by atoms with van der Waals surface area (Å²) in [6, 6.07) is 5.14. The Labute approximate surface area is 162 Å². The van der Waals surface area contributed by atoms with Crippen LogP contribution in [0, 0.1) is 5.92 Å². The van der Waals surface area contributed by atoms with Crippen LogP contribution < -0.4 is 14.8 Å². The number of rotatable bonds is 5. The normalized spacial score (nSPS) is 15.6. The average molecular weight is 389 g/mol. The minimum atomic E-state index is -0.427. The molecule has 0 saturated carbocycles. The molecule has 1 aromatic carbocycles. The van der Waals surface area contributed by atoms with Crippen molar-refractivity contribution in [2.45, 2.75) is 26.2 Å². The van der Waals surface area contributed by atoms with Gasteiger partial charge in [0.15, 0.2) is 0 Å². The first kappa shape index (κ1) is 19.2. The monoisotopic (exact) mass is 389 g/mol. The zero-order valence-electron chi connectivity index (χ0n) is 15.9. The van der Waals surface area contributed by atoms with Crippen molar-refractivity contribution in [1.82, 2.24) is 0 Å². The Morgan fingerprint density at radius 2 is 1.78 bits per heavy atom. The maximum absolute atomic E-state index is 13.0. The van der Waals surface area contributed by atoms with Crippen LogP contribution in [0.1, 0.15) is 44.5 Å². The van der Waals surface area contributed by atoms with Crippen molar-refractivity contribution in [2.75, 3.05) is 26.6 Å². The van der Waals surface area contributed by atoms with Gasteiger partial charge in [-0.25, -0.2) is 4.79 Å². The number of thiophene rings is 1. The highest BCUT2D eigenvalue weighted by molar-refractivity contribution is 7.17. The van der Waals surface area contributed by atoms with Crippen molar-refractivity contribution in [1.29, 1.82) is 0 Å². The van der Waals surface area contributed by atoms with E-state index >= 15 is 0 Å². The minimum Gasteiger partial charge on any atom is -0.496 e. The molecular weight excluding hydrogens is 366 g/mol. The van der Waals surface area contributed by atoms with Crippen molar-refractivity contribution in [2.24, 2.45) is 5.92 Å². The van der Waals surface area contributed by atoms with Gasteiger partial charge in [-0.3, -0.25) is 4.79 Å². The molecule has 27 heavy (non-hydrogen) atoms. The van der Waals surface area contributed by atoms with E-state index in [-0.39, 0.29) is 11.5 Å². The summed E-state index contributed by atoms with van der Waals surface area (Å²) in [5, 5.41) is 3.40. The van der Waals surface area contributed by atoms with Gasteiger partial charge in [-0.1, -0.05) is 13.0 Å². The van der Waals surface area contributed by atoms with Gasteiger partial charge in [0.2, 0.25) is 0 Å². The highest BCUT2D eigenvalue weighted by Gasteiger charge is 2.30. The Balaban J connectivity index is 2.01. The van der Waals surface area contributed by atoms with Crippen LogP contribution >= 0.6 is 11.3 Å². The molecule has 6 nitrogen and oxygen atoms in total. The van der Waals surface area contributed by atoms with E-state index in [0.717, 1.165) is 29.7 Å². The van der Waals surface area contributed by atoms with Crippen molar-refractivity contribution >= 4 is 28.2 Å². The highest BCUT2D eigenvalue weighted by atomic mass is 32.1. The van der Waals surface area contributed by atoms with Gasteiger partial charge >= 0.3 is 5.97 Å². The van der Waals surface area contributed by atoms with E-state index in [1.165, 1.54) is 32.7 Å². The second-order valence-corrected chi connectivity index (χ2v) is 7.64. The van der Waals surface area contributed by atoms with Gasteiger partial charge in [-0.15, -0.1) is 11.3 Å². The van der Waals surface area contributed by atoms with Crippen LogP contribution in [0.2, 0.25) is 0 Å². The summed E-state index contributed by atoms with van der Waals surface area (Å²) in [5.74, 6) is 0.549. The first-order chi connectivity index (χ1) is 13.0. The molecule has 0 unspecified atom stereocenters. The van der Waals surface area contributed by atoms with Crippen molar-refractivity contribution in [3.05, 3.63) is 39.8 Å². The van der Waals surface area contributed by atoms with Gasteiger partial charge in [-0.05, 0) is 42.9 Å². The molecule has 1 amide bonds. The number of ether oxygens (including phenoxy) is 3. The molecule has 0 spiro atoms. The zero-order chi connectivity index (χ0) is 19.6. The van der Waals surface area contributed by atoms with Gasteiger partial charge in [0.05, 0.1) is 26.9 Å². The predicted octanol–water partition coefficient (Wildman–Crippen LogP) is 3.93. The van der Waals surface area contributed by atoms with Crippen LogP contribution in [-0.2, 0) is 17.6 Å². The van der Waals surface area contributed by atoms with Crippen LogP contribution in [0.25, 0.3) is 0 Å². The fourth-order valence-corrected chi connectivity index (χ4v) is 4.79. The summed E-state index contributed by atoms with van der Waals surface area (Å²) in [4.78, 5) is 26.5. The van der Waals surface area contributed by atoms with Crippen LogP contribution in [0.5, 0.6) is 11.5 Å². The smallest absolute Gasteiger partial charge is 0.341 e. The number of amides is 1. The Morgan fingerprint density at radius 1 is 1.11 bits per heavy atom. The van der Waals surface area contributed by atoms with Crippen molar-refractivity contribution < 1.29 is 23.8 Å². The van der Waals surface area contributed by atoms with Crippen LogP contribution in [0.15, 0.2) is 18.2 Å². The molecule has 7 heteroatoms. The minimum absolute atomic E-state index is 0.290. The predicted molar refractivity (Wildman–Crippen MR) is 104 cm³/mol. The van der Waals surface area contributed by atoms with Crippen LogP contribution in [0.4, 0.5) is 5.00 Å². The second-order valence-electron chi connectivity index (χ2n) is 6.54. The van der Waals surface area contributed by atoms with Gasteiger partial charge < -0.3 is 19.5 Å². The molecule has 144 valence electrons. The van der Waals surface area contributed by atoms with E-state index in [9.17, 15) is 9.59 Å². The number of nitrogens with one attached hydrogen (secondary N) is 1. The molecule has 0 radical (unpaired) electrons. The van der Waals surface area contributed by atoms with Gasteiger partial charge in [0.1, 0.15) is 22.1 Å². The molecular formula is C20H23NO5S. The summed E-state index contributed by atoms with van der Waals surface area (Å²) < 4.78 is 15.6. The van der Waals surface area contributed by atoms with Crippen molar-refractivity contribution in [3.63, 3.8) is 0 Å². The summed E-state index contributed by atoms with van der Waals surface area (Å²) in [7, 11) is 4.35. The number of benzene rings is 1. The van der Waals surface area contributed by atoms with E-state index in [1.54, 1.807) is 18.2 Å². The molecule has 0 saturated heterocycles. The molecule has 0 fully saturated rings. The molecule has 1 atom stereocenters. The van der Waals surface area contributed by atoms with E-state index in [0.29, 0.717) is 28.0 Å². The highest BCUT2D eigenvalue weighted by Crippen LogP contribution is 2.40. The second kappa shape index (κ2) is 8.00. The van der Waals surface area contributed by atoms with Gasteiger partial charge in [-0.2, -0.15) is 0 Å². The summed E-state index contributed by atoms with van der Waals surface area (Å²) in [6.45, 7) is 2.19.